The van der Waals surface area contributed by atoms with Crippen LogP contribution in [0.2, 0.25) is 0 Å². The molecular weight excluding hydrogens is 328 g/mol. The lowest BCUT2D eigenvalue weighted by Gasteiger charge is -2.22. The minimum atomic E-state index is -0.883. The maximum atomic E-state index is 12.0. The fraction of sp³-hybridized carbons (Fsp3) is 0.471. The summed E-state index contributed by atoms with van der Waals surface area (Å²) in [5.74, 6) is -2.01. The van der Waals surface area contributed by atoms with Crippen LogP contribution in [0.15, 0.2) is 30.3 Å². The van der Waals surface area contributed by atoms with E-state index in [0.29, 0.717) is 0 Å². The Morgan fingerprint density at radius 3 is 2.36 bits per heavy atom. The third-order valence-corrected chi connectivity index (χ3v) is 3.29. The van der Waals surface area contributed by atoms with Crippen LogP contribution in [0.4, 0.5) is 0 Å². The number of nitrogens with zero attached hydrogens (tertiary/aromatic N) is 1. The molecule has 8 nitrogen and oxygen atoms in total. The Kier molecular flexibility index (Phi) is 8.59. The molecular formula is C17H24N2O6. The van der Waals surface area contributed by atoms with Crippen molar-refractivity contribution >= 4 is 17.8 Å². The van der Waals surface area contributed by atoms with Gasteiger partial charge in [0.05, 0.1) is 12.6 Å². The smallest absolute Gasteiger partial charge is 0.328 e. The highest BCUT2D eigenvalue weighted by Crippen LogP contribution is 2.02. The average molecular weight is 352 g/mol. The minimum Gasteiger partial charge on any atom is -0.465 e. The molecule has 2 N–H and O–H groups in total. The zero-order chi connectivity index (χ0) is 18.8. The van der Waals surface area contributed by atoms with Crippen molar-refractivity contribution in [2.24, 2.45) is 0 Å². The molecule has 25 heavy (non-hydrogen) atoms. The number of hydrogen-bond acceptors (Lipinski definition) is 7. The Morgan fingerprint density at radius 1 is 1.12 bits per heavy atom. The summed E-state index contributed by atoms with van der Waals surface area (Å²) in [5.41, 5.74) is 0.796. The van der Waals surface area contributed by atoms with Crippen LogP contribution in [0, 0.1) is 0 Å². The lowest BCUT2D eigenvalue weighted by molar-refractivity contribution is -0.178. The van der Waals surface area contributed by atoms with E-state index in [0.717, 1.165) is 5.56 Å². The van der Waals surface area contributed by atoms with Gasteiger partial charge in [0, 0.05) is 0 Å². The molecule has 0 fully saturated rings. The largest absolute Gasteiger partial charge is 0.465 e. The number of hydroxylamine groups is 2. The normalized spacial score (nSPS) is 12.8. The third-order valence-electron chi connectivity index (χ3n) is 3.29. The molecule has 0 radical (unpaired) electrons. The second kappa shape index (κ2) is 10.4. The van der Waals surface area contributed by atoms with Crippen LogP contribution in [0.25, 0.3) is 0 Å². The summed E-state index contributed by atoms with van der Waals surface area (Å²) in [4.78, 5) is 35.2. The molecule has 0 heterocycles. The van der Waals surface area contributed by atoms with Crippen molar-refractivity contribution in [2.75, 3.05) is 13.2 Å². The first-order valence-electron chi connectivity index (χ1n) is 7.97. The van der Waals surface area contributed by atoms with Gasteiger partial charge in [0.25, 0.3) is 5.91 Å². The molecule has 1 rings (SSSR count). The zero-order valence-corrected chi connectivity index (χ0v) is 14.6. The highest BCUT2D eigenvalue weighted by Gasteiger charge is 2.25. The lowest BCUT2D eigenvalue weighted by atomic mass is 10.2. The van der Waals surface area contributed by atoms with Gasteiger partial charge in [0.15, 0.2) is 0 Å². The first-order valence-corrected chi connectivity index (χ1v) is 7.97. The van der Waals surface area contributed by atoms with Crippen molar-refractivity contribution in [3.05, 3.63) is 35.9 Å². The highest BCUT2D eigenvalue weighted by atomic mass is 16.6. The van der Waals surface area contributed by atoms with E-state index in [9.17, 15) is 19.6 Å². The van der Waals surface area contributed by atoms with Crippen molar-refractivity contribution in [3.63, 3.8) is 0 Å². The molecule has 0 spiro atoms. The summed E-state index contributed by atoms with van der Waals surface area (Å²) in [6.45, 7) is 4.36. The molecule has 1 amide bonds. The van der Waals surface area contributed by atoms with Gasteiger partial charge >= 0.3 is 11.9 Å². The van der Waals surface area contributed by atoms with E-state index >= 15 is 0 Å². The number of amides is 1. The Labute approximate surface area is 146 Å². The number of ether oxygens (including phenoxy) is 2. The summed E-state index contributed by atoms with van der Waals surface area (Å²) >= 11 is 0. The number of hydrogen-bond donors (Lipinski definition) is 2. The van der Waals surface area contributed by atoms with Gasteiger partial charge in [-0.25, -0.2) is 5.06 Å². The molecule has 1 aromatic carbocycles. The molecule has 2 atom stereocenters. The van der Waals surface area contributed by atoms with Crippen LogP contribution >= 0.6 is 0 Å². The van der Waals surface area contributed by atoms with Gasteiger partial charge < -0.3 is 9.47 Å². The fourth-order valence-corrected chi connectivity index (χ4v) is 1.99. The topological polar surface area (TPSA) is 105 Å². The van der Waals surface area contributed by atoms with Crippen molar-refractivity contribution in [1.82, 2.24) is 10.4 Å². The molecule has 0 bridgehead atoms. The highest BCUT2D eigenvalue weighted by molar-refractivity contribution is 5.85. The predicted molar refractivity (Wildman–Crippen MR) is 88.4 cm³/mol. The first-order chi connectivity index (χ1) is 11.8. The average Bonchev–Trinajstić information content (AvgIpc) is 2.60. The van der Waals surface area contributed by atoms with E-state index in [1.807, 2.05) is 18.2 Å². The van der Waals surface area contributed by atoms with Crippen molar-refractivity contribution < 1.29 is 29.1 Å². The number of rotatable bonds is 9. The molecule has 0 aliphatic carbocycles. The SMILES string of the molecule is CCOC(=O)[C@H](C)N[C@@H](C)C(=O)N(O)CC(=O)OCc1ccccc1. The van der Waals surface area contributed by atoms with Crippen LogP contribution in [0.1, 0.15) is 26.3 Å². The molecule has 138 valence electrons. The van der Waals surface area contributed by atoms with Crippen LogP contribution < -0.4 is 5.32 Å². The molecule has 0 saturated carbocycles. The third kappa shape index (κ3) is 7.32. The molecule has 1 aromatic rings. The summed E-state index contributed by atoms with van der Waals surface area (Å²) < 4.78 is 9.81. The Morgan fingerprint density at radius 2 is 1.76 bits per heavy atom. The Hall–Kier alpha value is -2.45. The van der Waals surface area contributed by atoms with Gasteiger partial charge in [-0.2, -0.15) is 0 Å². The van der Waals surface area contributed by atoms with E-state index in [2.05, 4.69) is 5.32 Å². The van der Waals surface area contributed by atoms with Gasteiger partial charge in [0.1, 0.15) is 19.2 Å². The van der Waals surface area contributed by atoms with Gasteiger partial charge in [-0.05, 0) is 26.3 Å². The quantitative estimate of drug-likeness (QED) is 0.386. The van der Waals surface area contributed by atoms with Crippen molar-refractivity contribution in [2.45, 2.75) is 39.5 Å². The van der Waals surface area contributed by atoms with Gasteiger partial charge in [-0.15, -0.1) is 0 Å². The van der Waals surface area contributed by atoms with E-state index in [4.69, 9.17) is 9.47 Å². The molecule has 8 heteroatoms. The molecule has 0 unspecified atom stereocenters. The summed E-state index contributed by atoms with van der Waals surface area (Å²) in [6.07, 6.45) is 0. The summed E-state index contributed by atoms with van der Waals surface area (Å²) in [5, 5.41) is 12.7. The van der Waals surface area contributed by atoms with Gasteiger partial charge in [-0.1, -0.05) is 30.3 Å². The standard InChI is InChI=1S/C17H24N2O6/c1-4-24-17(22)13(3)18-12(2)16(21)19(23)10-15(20)25-11-14-8-6-5-7-9-14/h5-9,12-13,18,23H,4,10-11H2,1-3H3/t12-,13-/m0/s1. The second-order valence-corrected chi connectivity index (χ2v) is 5.40. The predicted octanol–water partition coefficient (Wildman–Crippen LogP) is 0.877. The number of nitrogens with one attached hydrogen (secondary N) is 1. The van der Waals surface area contributed by atoms with E-state index in [1.54, 1.807) is 19.1 Å². The molecule has 0 aromatic heterocycles. The van der Waals surface area contributed by atoms with Crippen LogP contribution in [0.3, 0.4) is 0 Å². The Balaban J connectivity index is 2.41. The monoisotopic (exact) mass is 352 g/mol. The fourth-order valence-electron chi connectivity index (χ4n) is 1.99. The number of benzene rings is 1. The van der Waals surface area contributed by atoms with Gasteiger partial charge in [0.2, 0.25) is 0 Å². The van der Waals surface area contributed by atoms with Crippen molar-refractivity contribution in [3.8, 4) is 0 Å². The molecule has 0 saturated heterocycles. The van der Waals surface area contributed by atoms with Crippen molar-refractivity contribution in [1.29, 1.82) is 0 Å². The molecule has 0 aliphatic heterocycles. The zero-order valence-electron chi connectivity index (χ0n) is 14.6. The maximum absolute atomic E-state index is 12.0. The first kappa shape index (κ1) is 20.6. The van der Waals surface area contributed by atoms with Crippen LogP contribution in [-0.4, -0.2) is 53.4 Å². The minimum absolute atomic E-state index is 0.0510. The van der Waals surface area contributed by atoms with E-state index < -0.39 is 36.5 Å². The number of carbonyl (C=O) groups is 3. The van der Waals surface area contributed by atoms with Gasteiger partial charge in [-0.3, -0.25) is 24.9 Å². The van der Waals surface area contributed by atoms with Crippen LogP contribution in [0.5, 0.6) is 0 Å². The summed E-state index contributed by atoms with van der Waals surface area (Å²) in [7, 11) is 0. The summed E-state index contributed by atoms with van der Waals surface area (Å²) in [6, 6.07) is 7.43. The Bertz CT molecular complexity index is 578. The lowest BCUT2D eigenvalue weighted by Crippen LogP contribution is -2.50. The van der Waals surface area contributed by atoms with E-state index in [-0.39, 0.29) is 18.3 Å². The number of carbonyl (C=O) groups excluding carboxylic acids is 3. The number of esters is 2. The maximum Gasteiger partial charge on any atom is 0.328 e. The van der Waals surface area contributed by atoms with E-state index in [1.165, 1.54) is 13.8 Å². The second-order valence-electron chi connectivity index (χ2n) is 5.40. The van der Waals surface area contributed by atoms with Crippen LogP contribution in [-0.2, 0) is 30.5 Å². The molecule has 0 aliphatic rings.